The predicted octanol–water partition coefficient (Wildman–Crippen LogP) is 4.32. The predicted molar refractivity (Wildman–Crippen MR) is 126 cm³/mol. The summed E-state index contributed by atoms with van der Waals surface area (Å²) in [6.45, 7) is -0.0104. The number of carbonyl (C=O) groups excluding carboxylic acids is 1. The lowest BCUT2D eigenvalue weighted by atomic mass is 10.1. The minimum absolute atomic E-state index is 0.0104. The Morgan fingerprint density at radius 2 is 1.69 bits per heavy atom. The summed E-state index contributed by atoms with van der Waals surface area (Å²) in [5, 5.41) is 9.16. The van der Waals surface area contributed by atoms with E-state index in [4.69, 9.17) is 5.21 Å². The zero-order valence-electron chi connectivity index (χ0n) is 18.8. The Kier molecular flexibility index (Phi) is 6.31. The molecule has 35 heavy (non-hydrogen) atoms. The van der Waals surface area contributed by atoms with Gasteiger partial charge in [0.2, 0.25) is 0 Å². The number of hydroxylamine groups is 1. The van der Waals surface area contributed by atoms with Crippen molar-refractivity contribution < 1.29 is 23.2 Å². The highest BCUT2D eigenvalue weighted by Crippen LogP contribution is 2.29. The quantitative estimate of drug-likeness (QED) is 0.327. The Bertz CT molecular complexity index is 1440. The van der Waals surface area contributed by atoms with Crippen LogP contribution in [0.15, 0.2) is 71.5 Å². The van der Waals surface area contributed by atoms with Gasteiger partial charge in [0.25, 0.3) is 11.5 Å². The Morgan fingerprint density at radius 1 is 1.03 bits per heavy atom. The second kappa shape index (κ2) is 9.22. The van der Waals surface area contributed by atoms with E-state index in [1.165, 1.54) is 34.9 Å². The van der Waals surface area contributed by atoms with Crippen LogP contribution in [0, 0.1) is 0 Å². The Morgan fingerprint density at radius 3 is 2.26 bits per heavy atom. The maximum Gasteiger partial charge on any atom is 0.416 e. The number of fused-ring (bicyclic) bond motifs is 1. The minimum atomic E-state index is -4.46. The molecule has 0 radical (unpaired) electrons. The van der Waals surface area contributed by atoms with Crippen molar-refractivity contribution >= 4 is 22.5 Å². The van der Waals surface area contributed by atoms with Crippen LogP contribution >= 0.6 is 0 Å². The Labute approximate surface area is 198 Å². The normalized spacial score (nSPS) is 11.5. The fraction of sp³-hybridized carbons (Fsp3) is 0.160. The molecule has 0 fully saturated rings. The molecule has 0 aliphatic heterocycles. The van der Waals surface area contributed by atoms with Gasteiger partial charge in [0.05, 0.1) is 23.0 Å². The Hall–Kier alpha value is -4.18. The Balaban J connectivity index is 1.88. The van der Waals surface area contributed by atoms with Gasteiger partial charge in [-0.1, -0.05) is 12.1 Å². The maximum atomic E-state index is 13.5. The first kappa shape index (κ1) is 24.0. The number of anilines is 1. The smallest absolute Gasteiger partial charge is 0.378 e. The summed E-state index contributed by atoms with van der Waals surface area (Å²) in [6.07, 6.45) is -4.46. The molecule has 0 aliphatic carbocycles. The number of nitrogens with one attached hydrogen (secondary N) is 1. The van der Waals surface area contributed by atoms with E-state index in [1.807, 2.05) is 31.1 Å². The number of carbonyl (C=O) groups is 1. The first-order chi connectivity index (χ1) is 16.6. The van der Waals surface area contributed by atoms with Crippen LogP contribution in [-0.4, -0.2) is 34.8 Å². The lowest BCUT2D eigenvalue weighted by molar-refractivity contribution is -0.137. The van der Waals surface area contributed by atoms with Crippen molar-refractivity contribution in [3.8, 4) is 11.4 Å². The SMILES string of the molecule is CN(C)c1ccc(-c2nc3cc(C(=O)NO)ccc3c(=O)n2Cc2ccc(C(F)(F)F)cc2)cc1. The van der Waals surface area contributed by atoms with Crippen molar-refractivity contribution in [1.29, 1.82) is 0 Å². The molecule has 0 saturated heterocycles. The first-order valence-corrected chi connectivity index (χ1v) is 10.5. The standard InChI is InChI=1S/C25H21F3N4O3/c1-31(2)19-10-5-16(6-11-19)22-29-21-13-17(23(33)30-35)7-12-20(21)24(34)32(22)14-15-3-8-18(9-4-15)25(26,27)28/h3-13,35H,14H2,1-2H3,(H,30,33). The highest BCUT2D eigenvalue weighted by atomic mass is 19.4. The van der Waals surface area contributed by atoms with Crippen LogP contribution in [0.25, 0.3) is 22.3 Å². The van der Waals surface area contributed by atoms with Gasteiger partial charge in [0.1, 0.15) is 5.82 Å². The molecule has 4 aromatic rings. The lowest BCUT2D eigenvalue weighted by Gasteiger charge is -2.16. The van der Waals surface area contributed by atoms with Gasteiger partial charge < -0.3 is 4.90 Å². The molecule has 180 valence electrons. The van der Waals surface area contributed by atoms with E-state index in [0.29, 0.717) is 11.1 Å². The number of amides is 1. The molecule has 0 bridgehead atoms. The zero-order chi connectivity index (χ0) is 25.3. The summed E-state index contributed by atoms with van der Waals surface area (Å²) >= 11 is 0. The third kappa shape index (κ3) is 4.87. The molecule has 0 spiro atoms. The number of rotatable bonds is 5. The van der Waals surface area contributed by atoms with E-state index in [-0.39, 0.29) is 28.8 Å². The van der Waals surface area contributed by atoms with E-state index >= 15 is 0 Å². The number of halogens is 3. The van der Waals surface area contributed by atoms with Gasteiger partial charge >= 0.3 is 6.18 Å². The molecule has 0 saturated carbocycles. The van der Waals surface area contributed by atoms with Crippen molar-refractivity contribution in [2.24, 2.45) is 0 Å². The van der Waals surface area contributed by atoms with E-state index in [2.05, 4.69) is 4.98 Å². The molecule has 0 aliphatic rings. The summed E-state index contributed by atoms with van der Waals surface area (Å²) in [5.41, 5.74) is 2.73. The molecule has 0 unspecified atom stereocenters. The van der Waals surface area contributed by atoms with Crippen LogP contribution in [0.2, 0.25) is 0 Å². The van der Waals surface area contributed by atoms with Crippen LogP contribution < -0.4 is 15.9 Å². The fourth-order valence-corrected chi connectivity index (χ4v) is 3.68. The third-order valence-electron chi connectivity index (χ3n) is 5.58. The van der Waals surface area contributed by atoms with Crippen LogP contribution in [0.5, 0.6) is 0 Å². The average molecular weight is 482 g/mol. The molecule has 2 N–H and O–H groups in total. The largest absolute Gasteiger partial charge is 0.416 e. The zero-order valence-corrected chi connectivity index (χ0v) is 18.8. The van der Waals surface area contributed by atoms with Gasteiger partial charge in [0, 0.05) is 30.9 Å². The first-order valence-electron chi connectivity index (χ1n) is 10.5. The number of hydrogen-bond donors (Lipinski definition) is 2. The van der Waals surface area contributed by atoms with Gasteiger partial charge in [-0.05, 0) is 60.2 Å². The second-order valence-electron chi connectivity index (χ2n) is 8.14. The topological polar surface area (TPSA) is 87.5 Å². The van der Waals surface area contributed by atoms with E-state index in [1.54, 1.807) is 17.6 Å². The molecule has 0 atom stereocenters. The van der Waals surface area contributed by atoms with E-state index < -0.39 is 23.2 Å². The summed E-state index contributed by atoms with van der Waals surface area (Å²) < 4.78 is 40.3. The molecular formula is C25H21F3N4O3. The summed E-state index contributed by atoms with van der Waals surface area (Å²) in [5.74, 6) is -0.464. The highest BCUT2D eigenvalue weighted by molar-refractivity contribution is 5.97. The molecular weight excluding hydrogens is 461 g/mol. The van der Waals surface area contributed by atoms with Crippen molar-refractivity contribution in [2.45, 2.75) is 12.7 Å². The van der Waals surface area contributed by atoms with Gasteiger partial charge in [-0.25, -0.2) is 10.5 Å². The number of hydrogen-bond acceptors (Lipinski definition) is 5. The van der Waals surface area contributed by atoms with E-state index in [0.717, 1.165) is 17.8 Å². The van der Waals surface area contributed by atoms with E-state index in [9.17, 15) is 22.8 Å². The van der Waals surface area contributed by atoms with Crippen LogP contribution in [0.3, 0.4) is 0 Å². The lowest BCUT2D eigenvalue weighted by Crippen LogP contribution is -2.25. The number of alkyl halides is 3. The van der Waals surface area contributed by atoms with Crippen molar-refractivity contribution in [3.05, 3.63) is 93.8 Å². The maximum absolute atomic E-state index is 13.5. The minimum Gasteiger partial charge on any atom is -0.378 e. The molecule has 1 heterocycles. The summed E-state index contributed by atoms with van der Waals surface area (Å²) in [4.78, 5) is 31.8. The average Bonchev–Trinajstić information content (AvgIpc) is 2.84. The molecule has 4 rings (SSSR count). The van der Waals surface area contributed by atoms with Gasteiger partial charge in [-0.3, -0.25) is 19.4 Å². The second-order valence-corrected chi connectivity index (χ2v) is 8.14. The molecule has 1 amide bonds. The molecule has 7 nitrogen and oxygen atoms in total. The highest BCUT2D eigenvalue weighted by Gasteiger charge is 2.30. The third-order valence-corrected chi connectivity index (χ3v) is 5.58. The van der Waals surface area contributed by atoms with Gasteiger partial charge in [-0.2, -0.15) is 13.2 Å². The molecule has 1 aromatic heterocycles. The van der Waals surface area contributed by atoms with Crippen molar-refractivity contribution in [1.82, 2.24) is 15.0 Å². The number of aromatic nitrogens is 2. The van der Waals surface area contributed by atoms with Crippen molar-refractivity contribution in [3.63, 3.8) is 0 Å². The van der Waals surface area contributed by atoms with Gasteiger partial charge in [0.15, 0.2) is 0 Å². The monoisotopic (exact) mass is 482 g/mol. The van der Waals surface area contributed by atoms with Crippen LogP contribution in [0.4, 0.5) is 18.9 Å². The summed E-state index contributed by atoms with van der Waals surface area (Å²) in [6, 6.07) is 16.1. The number of benzene rings is 3. The fourth-order valence-electron chi connectivity index (χ4n) is 3.68. The van der Waals surface area contributed by atoms with Crippen molar-refractivity contribution in [2.75, 3.05) is 19.0 Å². The summed E-state index contributed by atoms with van der Waals surface area (Å²) in [7, 11) is 3.77. The number of nitrogens with zero attached hydrogens (tertiary/aromatic N) is 3. The van der Waals surface area contributed by atoms with Crippen LogP contribution in [0.1, 0.15) is 21.5 Å². The van der Waals surface area contributed by atoms with Crippen LogP contribution in [-0.2, 0) is 12.7 Å². The molecule has 10 heteroatoms. The van der Waals surface area contributed by atoms with Gasteiger partial charge in [-0.15, -0.1) is 0 Å². The molecule has 3 aromatic carbocycles.